The van der Waals surface area contributed by atoms with Gasteiger partial charge in [-0.25, -0.2) is 17.5 Å². The van der Waals surface area contributed by atoms with Crippen molar-refractivity contribution in [2.24, 2.45) is 0 Å². The number of sulfonamides is 1. The molecule has 0 aliphatic heterocycles. The van der Waals surface area contributed by atoms with Crippen LogP contribution in [0.2, 0.25) is 0 Å². The minimum Gasteiger partial charge on any atom is -0.490 e. The Morgan fingerprint density at radius 3 is 2.68 bits per heavy atom. The molecule has 6 nitrogen and oxygen atoms in total. The molecule has 0 aliphatic rings. The number of hydrogen-bond donors (Lipinski definition) is 1. The molecule has 2 aromatic rings. The van der Waals surface area contributed by atoms with Crippen molar-refractivity contribution in [2.45, 2.75) is 25.2 Å². The van der Waals surface area contributed by atoms with Crippen molar-refractivity contribution in [3.8, 4) is 5.75 Å². The molecule has 1 aromatic carbocycles. The van der Waals surface area contributed by atoms with Gasteiger partial charge in [0, 0.05) is 6.54 Å². The molecule has 22 heavy (non-hydrogen) atoms. The number of hydrogen-bond acceptors (Lipinski definition) is 5. The van der Waals surface area contributed by atoms with Crippen LogP contribution in [-0.2, 0) is 10.0 Å². The van der Waals surface area contributed by atoms with Crippen molar-refractivity contribution in [3.05, 3.63) is 41.5 Å². The quantitative estimate of drug-likeness (QED) is 0.788. The van der Waals surface area contributed by atoms with Gasteiger partial charge >= 0.3 is 0 Å². The molecule has 0 atom stereocenters. The molecule has 1 N–H and O–H groups in total. The summed E-state index contributed by atoms with van der Waals surface area (Å²) < 4.78 is 50.1. The Bertz CT molecular complexity index is 724. The van der Waals surface area contributed by atoms with Gasteiger partial charge in [0.25, 0.3) is 0 Å². The molecule has 0 amide bonds. The molecule has 0 radical (unpaired) electrons. The molecule has 2 rings (SSSR count). The normalized spacial score (nSPS) is 11.6. The zero-order valence-corrected chi connectivity index (χ0v) is 13.1. The van der Waals surface area contributed by atoms with Crippen LogP contribution >= 0.6 is 0 Å². The zero-order chi connectivity index (χ0) is 16.2. The van der Waals surface area contributed by atoms with Crippen molar-refractivity contribution in [2.75, 3.05) is 13.2 Å². The van der Waals surface area contributed by atoms with Crippen molar-refractivity contribution < 1.29 is 22.1 Å². The fourth-order valence-corrected chi connectivity index (χ4v) is 3.35. The third-order valence-electron chi connectivity index (χ3n) is 2.94. The van der Waals surface area contributed by atoms with Crippen LogP contribution in [0.25, 0.3) is 0 Å². The Morgan fingerprint density at radius 2 is 2.05 bits per heavy atom. The number of nitrogens with one attached hydrogen (secondary N) is 1. The summed E-state index contributed by atoms with van der Waals surface area (Å²) in [6.45, 7) is 3.47. The van der Waals surface area contributed by atoms with Gasteiger partial charge in [0.15, 0.2) is 17.3 Å². The van der Waals surface area contributed by atoms with E-state index in [1.807, 2.05) is 0 Å². The lowest BCUT2D eigenvalue weighted by atomic mass is 10.3. The second kappa shape index (κ2) is 6.89. The van der Waals surface area contributed by atoms with E-state index in [0.29, 0.717) is 12.1 Å². The first-order valence-corrected chi connectivity index (χ1v) is 8.20. The van der Waals surface area contributed by atoms with E-state index >= 15 is 0 Å². The van der Waals surface area contributed by atoms with Gasteiger partial charge in [-0.15, -0.1) is 0 Å². The Balaban J connectivity index is 1.83. The molecule has 0 saturated carbocycles. The maximum Gasteiger partial charge on any atom is 0.245 e. The number of para-hydroxylation sites is 1. The van der Waals surface area contributed by atoms with Crippen LogP contribution in [0.1, 0.15) is 17.9 Å². The second-order valence-electron chi connectivity index (χ2n) is 4.68. The average Bonchev–Trinajstić information content (AvgIpc) is 2.80. The van der Waals surface area contributed by atoms with Crippen molar-refractivity contribution in [3.63, 3.8) is 0 Å². The number of halogens is 1. The van der Waals surface area contributed by atoms with Gasteiger partial charge in [-0.2, -0.15) is 0 Å². The van der Waals surface area contributed by atoms with Gasteiger partial charge in [-0.05, 0) is 32.4 Å². The summed E-state index contributed by atoms with van der Waals surface area (Å²) in [6, 6.07) is 6.05. The lowest BCUT2D eigenvalue weighted by Crippen LogP contribution is -2.26. The molecular formula is C14H17FN2O4S. The first-order chi connectivity index (χ1) is 10.4. The van der Waals surface area contributed by atoms with E-state index in [1.165, 1.54) is 19.1 Å². The fourth-order valence-electron chi connectivity index (χ4n) is 1.95. The van der Waals surface area contributed by atoms with Crippen LogP contribution in [0.5, 0.6) is 5.75 Å². The van der Waals surface area contributed by atoms with Gasteiger partial charge in [-0.3, -0.25) is 0 Å². The Labute approximate surface area is 128 Å². The van der Waals surface area contributed by atoms with Crippen LogP contribution < -0.4 is 9.46 Å². The maximum atomic E-state index is 13.3. The first-order valence-electron chi connectivity index (χ1n) is 6.71. The van der Waals surface area contributed by atoms with Gasteiger partial charge in [-0.1, -0.05) is 17.3 Å². The van der Waals surface area contributed by atoms with Gasteiger partial charge in [0.1, 0.15) is 10.6 Å². The van der Waals surface area contributed by atoms with Crippen molar-refractivity contribution in [1.82, 2.24) is 9.88 Å². The van der Waals surface area contributed by atoms with Gasteiger partial charge in [0.2, 0.25) is 10.0 Å². The van der Waals surface area contributed by atoms with E-state index in [0.717, 1.165) is 0 Å². The summed E-state index contributed by atoms with van der Waals surface area (Å²) in [7, 11) is -3.67. The third kappa shape index (κ3) is 3.83. The van der Waals surface area contributed by atoms with E-state index in [1.54, 1.807) is 19.1 Å². The number of rotatable bonds is 7. The minimum atomic E-state index is -3.67. The SMILES string of the molecule is Cc1noc(C)c1S(=O)(=O)NCCCOc1ccccc1F. The lowest BCUT2D eigenvalue weighted by molar-refractivity contribution is 0.296. The van der Waals surface area contributed by atoms with E-state index in [2.05, 4.69) is 9.88 Å². The molecule has 0 unspecified atom stereocenters. The van der Waals surface area contributed by atoms with Crippen molar-refractivity contribution >= 4 is 10.0 Å². The number of aromatic nitrogens is 1. The van der Waals surface area contributed by atoms with Crippen LogP contribution in [0.3, 0.4) is 0 Å². The molecule has 120 valence electrons. The molecule has 0 spiro atoms. The maximum absolute atomic E-state index is 13.3. The summed E-state index contributed by atoms with van der Waals surface area (Å²) in [6.07, 6.45) is 0.400. The predicted molar refractivity (Wildman–Crippen MR) is 77.7 cm³/mol. The zero-order valence-electron chi connectivity index (χ0n) is 12.3. The lowest BCUT2D eigenvalue weighted by Gasteiger charge is -2.08. The molecular weight excluding hydrogens is 311 g/mol. The van der Waals surface area contributed by atoms with Crippen LogP contribution in [-0.4, -0.2) is 26.7 Å². The Hall–Kier alpha value is -1.93. The van der Waals surface area contributed by atoms with Crippen LogP contribution in [0.15, 0.2) is 33.7 Å². The Morgan fingerprint density at radius 1 is 1.32 bits per heavy atom. The summed E-state index contributed by atoms with van der Waals surface area (Å²) >= 11 is 0. The molecule has 0 aliphatic carbocycles. The highest BCUT2D eigenvalue weighted by molar-refractivity contribution is 7.89. The van der Waals surface area contributed by atoms with Gasteiger partial charge in [0.05, 0.1) is 6.61 Å². The smallest absolute Gasteiger partial charge is 0.245 e. The van der Waals surface area contributed by atoms with E-state index in [9.17, 15) is 12.8 Å². The standard InChI is InChI=1S/C14H17FN2O4S/c1-10-14(11(2)21-17-10)22(18,19)16-8-5-9-20-13-7-4-3-6-12(13)15/h3-4,6-7,16H,5,8-9H2,1-2H3. The van der Waals surface area contributed by atoms with E-state index in [4.69, 9.17) is 9.26 Å². The molecule has 1 heterocycles. The molecule has 0 bridgehead atoms. The number of aryl methyl sites for hydroxylation is 2. The van der Waals surface area contributed by atoms with E-state index < -0.39 is 15.8 Å². The van der Waals surface area contributed by atoms with Crippen LogP contribution in [0.4, 0.5) is 4.39 Å². The summed E-state index contributed by atoms with van der Waals surface area (Å²) in [5.41, 5.74) is 0.313. The second-order valence-corrected chi connectivity index (χ2v) is 6.39. The highest BCUT2D eigenvalue weighted by Gasteiger charge is 2.23. The highest BCUT2D eigenvalue weighted by Crippen LogP contribution is 2.18. The van der Waals surface area contributed by atoms with E-state index in [-0.39, 0.29) is 29.6 Å². The predicted octanol–water partition coefficient (Wildman–Crippen LogP) is 2.18. The number of ether oxygens (including phenoxy) is 1. The van der Waals surface area contributed by atoms with Crippen molar-refractivity contribution in [1.29, 1.82) is 0 Å². The monoisotopic (exact) mass is 328 g/mol. The highest BCUT2D eigenvalue weighted by atomic mass is 32.2. The average molecular weight is 328 g/mol. The number of benzene rings is 1. The summed E-state index contributed by atoms with van der Waals surface area (Å²) in [5, 5.41) is 3.62. The van der Waals surface area contributed by atoms with Gasteiger partial charge < -0.3 is 9.26 Å². The largest absolute Gasteiger partial charge is 0.490 e. The summed E-state index contributed by atoms with van der Waals surface area (Å²) in [4.78, 5) is 0.0579. The Kier molecular flexibility index (Phi) is 5.15. The molecule has 1 aromatic heterocycles. The minimum absolute atomic E-state index is 0.0579. The first kappa shape index (κ1) is 16.4. The number of nitrogens with zero attached hydrogens (tertiary/aromatic N) is 1. The fraction of sp³-hybridized carbons (Fsp3) is 0.357. The van der Waals surface area contributed by atoms with Crippen LogP contribution in [0, 0.1) is 19.7 Å². The molecule has 8 heteroatoms. The topological polar surface area (TPSA) is 81.4 Å². The molecule has 0 saturated heterocycles. The molecule has 0 fully saturated rings. The summed E-state index contributed by atoms with van der Waals surface area (Å²) in [5.74, 6) is -0.0533. The third-order valence-corrected chi connectivity index (χ3v) is 4.65.